The minimum absolute atomic E-state index is 0.0197. The quantitative estimate of drug-likeness (QED) is 0.832. The maximum Gasteiger partial charge on any atom is 0.412 e. The van der Waals surface area contributed by atoms with Crippen LogP contribution in [0.4, 0.5) is 25.0 Å². The van der Waals surface area contributed by atoms with E-state index in [1.54, 1.807) is 26.8 Å². The Bertz CT molecular complexity index is 539. The molecule has 0 aromatic heterocycles. The van der Waals surface area contributed by atoms with Crippen LogP contribution in [0.2, 0.25) is 0 Å². The molecule has 0 atom stereocenters. The molecule has 1 aromatic rings. The molecule has 0 aliphatic heterocycles. The van der Waals surface area contributed by atoms with Gasteiger partial charge in [-0.1, -0.05) is 12.1 Å². The maximum atomic E-state index is 12.7. The van der Waals surface area contributed by atoms with Gasteiger partial charge in [0.15, 0.2) is 0 Å². The molecule has 0 fully saturated rings. The van der Waals surface area contributed by atoms with E-state index >= 15 is 0 Å². The monoisotopic (exact) mass is 320 g/mol. The minimum Gasteiger partial charge on any atom is -0.444 e. The normalized spacial score (nSPS) is 11.7. The second-order valence-corrected chi connectivity index (χ2v) is 5.60. The van der Waals surface area contributed by atoms with Crippen molar-refractivity contribution in [1.82, 2.24) is 0 Å². The predicted molar refractivity (Wildman–Crippen MR) is 75.7 cm³/mol. The van der Waals surface area contributed by atoms with E-state index in [9.17, 15) is 18.4 Å². The van der Waals surface area contributed by atoms with Crippen molar-refractivity contribution in [1.29, 1.82) is 0 Å². The molecule has 0 bridgehead atoms. The summed E-state index contributed by atoms with van der Waals surface area (Å²) in [5.41, 5.74) is -0.625. The van der Waals surface area contributed by atoms with Crippen LogP contribution < -0.4 is 10.6 Å². The molecule has 0 radical (unpaired) electrons. The Balaban J connectivity index is 2.85. The summed E-state index contributed by atoms with van der Waals surface area (Å²) in [4.78, 5) is 22.8. The van der Waals surface area contributed by atoms with E-state index in [0.717, 1.165) is 0 Å². The number of anilines is 2. The number of alkyl halides is 3. The minimum atomic E-state index is -4.04. The summed E-state index contributed by atoms with van der Waals surface area (Å²) in [5, 5.41) is 0.245. The van der Waals surface area contributed by atoms with Crippen molar-refractivity contribution in [3.05, 3.63) is 24.3 Å². The predicted octanol–water partition coefficient (Wildman–Crippen LogP) is 3.80. The number of carbonyl (C=O) groups excluding carboxylic acids is 2. The number of nitrogens with one attached hydrogen (secondary N) is 2. The zero-order valence-corrected chi connectivity index (χ0v) is 12.4. The average Bonchev–Trinajstić information content (AvgIpc) is 2.27. The van der Waals surface area contributed by atoms with Gasteiger partial charge < -0.3 is 10.1 Å². The van der Waals surface area contributed by atoms with Gasteiger partial charge in [-0.3, -0.25) is 10.1 Å². The first-order valence-electron chi connectivity index (χ1n) is 5.96. The van der Waals surface area contributed by atoms with E-state index in [1.807, 2.05) is 5.32 Å². The van der Waals surface area contributed by atoms with Crippen molar-refractivity contribution >= 4 is 35.0 Å². The van der Waals surface area contributed by atoms with Crippen LogP contribution in [-0.2, 0) is 9.53 Å². The number of halogens is 3. The molecule has 1 aromatic carbocycles. The van der Waals surface area contributed by atoms with Crippen LogP contribution in [0.5, 0.6) is 0 Å². The van der Waals surface area contributed by atoms with Crippen molar-refractivity contribution in [2.75, 3.05) is 10.6 Å². The molecule has 1 rings (SSSR count). The maximum absolute atomic E-state index is 12.7. The van der Waals surface area contributed by atoms with Crippen LogP contribution in [0.3, 0.4) is 0 Å². The molecular formula is C13H15ClF2N2O3. The van der Waals surface area contributed by atoms with E-state index in [0.29, 0.717) is 0 Å². The van der Waals surface area contributed by atoms with Crippen molar-refractivity contribution in [3.63, 3.8) is 0 Å². The number of para-hydroxylation sites is 2. The summed E-state index contributed by atoms with van der Waals surface area (Å²) in [6, 6.07) is 5.82. The Morgan fingerprint density at radius 1 is 1.10 bits per heavy atom. The van der Waals surface area contributed by atoms with Crippen molar-refractivity contribution in [3.8, 4) is 0 Å². The molecular weight excluding hydrogens is 306 g/mol. The molecule has 0 aliphatic rings. The molecule has 0 aliphatic carbocycles. The van der Waals surface area contributed by atoms with Gasteiger partial charge in [-0.05, 0) is 44.5 Å². The van der Waals surface area contributed by atoms with Gasteiger partial charge in [0.25, 0.3) is 0 Å². The van der Waals surface area contributed by atoms with Gasteiger partial charge in [-0.15, -0.1) is 0 Å². The summed E-state index contributed by atoms with van der Waals surface area (Å²) in [5.74, 6) is -1.69. The molecule has 0 saturated carbocycles. The van der Waals surface area contributed by atoms with Crippen LogP contribution in [0.25, 0.3) is 0 Å². The fourth-order valence-corrected chi connectivity index (χ4v) is 1.36. The lowest BCUT2D eigenvalue weighted by Crippen LogP contribution is -2.30. The highest BCUT2D eigenvalue weighted by atomic mass is 35.5. The summed E-state index contributed by atoms with van der Waals surface area (Å²) in [7, 11) is 0. The molecule has 21 heavy (non-hydrogen) atoms. The van der Waals surface area contributed by atoms with E-state index in [4.69, 9.17) is 4.74 Å². The van der Waals surface area contributed by atoms with Crippen molar-refractivity contribution < 1.29 is 23.1 Å². The topological polar surface area (TPSA) is 67.4 Å². The Labute approximate surface area is 125 Å². The van der Waals surface area contributed by atoms with Gasteiger partial charge in [-0.25, -0.2) is 4.79 Å². The van der Waals surface area contributed by atoms with Crippen LogP contribution in [-0.4, -0.2) is 23.0 Å². The molecule has 0 unspecified atom stereocenters. The summed E-state index contributed by atoms with van der Waals surface area (Å²) < 4.78 is 30.4. The number of amides is 2. The van der Waals surface area contributed by atoms with Gasteiger partial charge >= 0.3 is 17.4 Å². The van der Waals surface area contributed by atoms with Crippen LogP contribution in [0, 0.1) is 0 Å². The summed E-state index contributed by atoms with van der Waals surface area (Å²) in [6.45, 7) is 5.02. The Kier molecular flexibility index (Phi) is 5.11. The molecule has 0 heterocycles. The van der Waals surface area contributed by atoms with Crippen molar-refractivity contribution in [2.45, 2.75) is 31.8 Å². The fraction of sp³-hybridized carbons (Fsp3) is 0.385. The Morgan fingerprint density at radius 2 is 1.57 bits per heavy atom. The zero-order valence-electron chi connectivity index (χ0n) is 11.7. The summed E-state index contributed by atoms with van der Waals surface area (Å²) in [6.07, 6.45) is -0.776. The molecule has 0 spiro atoms. The first-order valence-corrected chi connectivity index (χ1v) is 6.34. The highest BCUT2D eigenvalue weighted by Crippen LogP contribution is 2.26. The Morgan fingerprint density at radius 3 is 2.00 bits per heavy atom. The Hall–Kier alpha value is -1.89. The number of rotatable bonds is 3. The molecule has 116 valence electrons. The van der Waals surface area contributed by atoms with Crippen LogP contribution >= 0.6 is 11.6 Å². The van der Waals surface area contributed by atoms with Gasteiger partial charge in [0.1, 0.15) is 5.60 Å². The third-order valence-corrected chi connectivity index (χ3v) is 2.24. The van der Waals surface area contributed by atoms with E-state index in [-0.39, 0.29) is 11.4 Å². The molecule has 5 nitrogen and oxygen atoms in total. The largest absolute Gasteiger partial charge is 0.444 e. The van der Waals surface area contributed by atoms with Crippen LogP contribution in [0.15, 0.2) is 24.3 Å². The lowest BCUT2D eigenvalue weighted by atomic mass is 10.2. The number of hydrogen-bond acceptors (Lipinski definition) is 3. The first-order chi connectivity index (χ1) is 9.49. The van der Waals surface area contributed by atoms with Crippen molar-refractivity contribution in [2.24, 2.45) is 0 Å². The number of benzene rings is 1. The smallest absolute Gasteiger partial charge is 0.412 e. The number of carbonyl (C=O) groups is 2. The highest BCUT2D eigenvalue weighted by Gasteiger charge is 2.36. The highest BCUT2D eigenvalue weighted by molar-refractivity contribution is 6.34. The standard InChI is InChI=1S/C13H15ClF2N2O3/c1-12(2,3)21-11(20)18-9-7-5-4-6-8(9)17-10(19)13(14,15)16/h4-7H,1-3H3,(H,17,19)(H,18,20). The SMILES string of the molecule is CC(C)(C)OC(=O)Nc1ccccc1NC(=O)C(F)(F)Cl. The third kappa shape index (κ3) is 5.95. The number of hydrogen-bond donors (Lipinski definition) is 2. The second-order valence-electron chi connectivity index (χ2n) is 5.12. The summed E-state index contributed by atoms with van der Waals surface area (Å²) >= 11 is 4.62. The van der Waals surface area contributed by atoms with E-state index < -0.39 is 23.0 Å². The van der Waals surface area contributed by atoms with Gasteiger partial charge in [0.05, 0.1) is 11.4 Å². The third-order valence-electron chi connectivity index (χ3n) is 2.07. The van der Waals surface area contributed by atoms with Gasteiger partial charge in [-0.2, -0.15) is 8.78 Å². The van der Waals surface area contributed by atoms with Gasteiger partial charge in [0.2, 0.25) is 0 Å². The van der Waals surface area contributed by atoms with Gasteiger partial charge in [0, 0.05) is 0 Å². The van der Waals surface area contributed by atoms with E-state index in [2.05, 4.69) is 16.9 Å². The molecule has 2 N–H and O–H groups in total. The van der Waals surface area contributed by atoms with E-state index in [1.165, 1.54) is 18.2 Å². The number of ether oxygens (including phenoxy) is 1. The fourth-order valence-electron chi connectivity index (χ4n) is 1.31. The zero-order chi connectivity index (χ0) is 16.3. The first kappa shape index (κ1) is 17.2. The lowest BCUT2D eigenvalue weighted by molar-refractivity contribution is -0.130. The molecule has 2 amide bonds. The van der Waals surface area contributed by atoms with Crippen LogP contribution in [0.1, 0.15) is 20.8 Å². The molecule has 0 saturated heterocycles. The molecule has 8 heteroatoms. The second kappa shape index (κ2) is 6.26. The lowest BCUT2D eigenvalue weighted by Gasteiger charge is -2.20. The average molecular weight is 321 g/mol.